The van der Waals surface area contributed by atoms with Gasteiger partial charge in [0.05, 0.1) is 32.1 Å². The van der Waals surface area contributed by atoms with Gasteiger partial charge in [0.15, 0.2) is 10.7 Å². The molecule has 0 aliphatic heterocycles. The van der Waals surface area contributed by atoms with Crippen LogP contribution in [0.4, 0.5) is 23.7 Å². The van der Waals surface area contributed by atoms with Crippen molar-refractivity contribution in [1.82, 2.24) is 15.6 Å². The Bertz CT molecular complexity index is 966. The number of anilines is 1. The van der Waals surface area contributed by atoms with E-state index in [1.165, 1.54) is 17.2 Å². The van der Waals surface area contributed by atoms with Crippen LogP contribution < -0.4 is 15.5 Å². The summed E-state index contributed by atoms with van der Waals surface area (Å²) in [5, 5.41) is 4.48. The molecular formula is C23H35F3N4O7S. The molecule has 3 N–H and O–H groups in total. The second-order valence-corrected chi connectivity index (χ2v) is 9.41. The molecule has 0 saturated heterocycles. The predicted octanol–water partition coefficient (Wildman–Crippen LogP) is 3.30. The number of ether oxygens (including phenoxy) is 4. The number of nitrogens with zero attached hydrogens (tertiary/aromatic N) is 1. The van der Waals surface area contributed by atoms with Gasteiger partial charge in [-0.3, -0.25) is 10.1 Å². The number of hydrogen-bond acceptors (Lipinski definition) is 9. The molecule has 216 valence electrons. The van der Waals surface area contributed by atoms with Crippen molar-refractivity contribution in [3.63, 3.8) is 0 Å². The number of aromatic amines is 1. The van der Waals surface area contributed by atoms with E-state index in [2.05, 4.69) is 15.6 Å². The Labute approximate surface area is 224 Å². The van der Waals surface area contributed by atoms with Gasteiger partial charge in [0.25, 0.3) is 0 Å². The summed E-state index contributed by atoms with van der Waals surface area (Å²) < 4.78 is 61.9. The van der Waals surface area contributed by atoms with Crippen LogP contribution in [0.5, 0.6) is 0 Å². The number of esters is 2. The van der Waals surface area contributed by atoms with Crippen molar-refractivity contribution >= 4 is 41.0 Å². The van der Waals surface area contributed by atoms with Gasteiger partial charge in [-0.1, -0.05) is 0 Å². The SMILES string of the molecule is CCOC(=O)NC(=S)N(CCOC(C)(CNCC(=O)OC(C)(C)C)C(F)(F)F)c1cc[nH]c1C(=O)OCC. The first-order valence-corrected chi connectivity index (χ1v) is 12.2. The monoisotopic (exact) mass is 568 g/mol. The fourth-order valence-corrected chi connectivity index (χ4v) is 3.26. The smallest absolute Gasteiger partial charge is 0.418 e. The number of aromatic nitrogens is 1. The first-order valence-electron chi connectivity index (χ1n) is 11.8. The normalized spacial score (nSPS) is 13.3. The number of carbonyl (C=O) groups is 3. The van der Waals surface area contributed by atoms with Gasteiger partial charge in [0.2, 0.25) is 0 Å². The highest BCUT2D eigenvalue weighted by Crippen LogP contribution is 2.33. The van der Waals surface area contributed by atoms with Gasteiger partial charge in [-0.2, -0.15) is 13.2 Å². The van der Waals surface area contributed by atoms with E-state index in [1.807, 2.05) is 0 Å². The second kappa shape index (κ2) is 14.3. The van der Waals surface area contributed by atoms with E-state index in [0.29, 0.717) is 0 Å². The van der Waals surface area contributed by atoms with E-state index >= 15 is 0 Å². The summed E-state index contributed by atoms with van der Waals surface area (Å²) in [6.45, 7) is 7.00. The Hall–Kier alpha value is -2.91. The molecule has 0 saturated carbocycles. The van der Waals surface area contributed by atoms with Crippen molar-refractivity contribution in [2.75, 3.05) is 44.4 Å². The lowest BCUT2D eigenvalue weighted by Crippen LogP contribution is -2.54. The van der Waals surface area contributed by atoms with Crippen molar-refractivity contribution in [2.45, 2.75) is 58.9 Å². The second-order valence-electron chi connectivity index (χ2n) is 9.03. The summed E-state index contributed by atoms with van der Waals surface area (Å²) in [7, 11) is 0. The molecule has 0 spiro atoms. The molecule has 38 heavy (non-hydrogen) atoms. The zero-order valence-electron chi connectivity index (χ0n) is 22.2. The Kier molecular flexibility index (Phi) is 12.5. The zero-order chi connectivity index (χ0) is 29.1. The van der Waals surface area contributed by atoms with Gasteiger partial charge in [-0.05, 0) is 59.8 Å². The summed E-state index contributed by atoms with van der Waals surface area (Å²) in [5.74, 6) is -1.45. The summed E-state index contributed by atoms with van der Waals surface area (Å²) in [6.07, 6.45) is -4.29. The van der Waals surface area contributed by atoms with Gasteiger partial charge in [0.1, 0.15) is 11.3 Å². The number of amides is 1. The third kappa shape index (κ3) is 10.5. The molecule has 15 heteroatoms. The molecule has 1 unspecified atom stereocenters. The van der Waals surface area contributed by atoms with Crippen LogP contribution in [0.2, 0.25) is 0 Å². The molecule has 0 aromatic carbocycles. The fourth-order valence-electron chi connectivity index (χ4n) is 2.98. The minimum Gasteiger partial charge on any atom is -0.461 e. The van der Waals surface area contributed by atoms with E-state index < -0.39 is 55.1 Å². The van der Waals surface area contributed by atoms with Crippen LogP contribution in [0, 0.1) is 0 Å². The molecular weight excluding hydrogens is 533 g/mol. The molecule has 1 aromatic rings. The maximum absolute atomic E-state index is 13.9. The van der Waals surface area contributed by atoms with Crippen molar-refractivity contribution in [3.8, 4) is 0 Å². The van der Waals surface area contributed by atoms with Gasteiger partial charge in [-0.25, -0.2) is 9.59 Å². The first kappa shape index (κ1) is 33.1. The summed E-state index contributed by atoms with van der Waals surface area (Å²) in [5.41, 5.74) is -3.37. The molecule has 1 aromatic heterocycles. The summed E-state index contributed by atoms with van der Waals surface area (Å²) in [6, 6.07) is 1.44. The predicted molar refractivity (Wildman–Crippen MR) is 136 cm³/mol. The largest absolute Gasteiger partial charge is 0.461 e. The fraction of sp³-hybridized carbons (Fsp3) is 0.652. The highest BCUT2D eigenvalue weighted by atomic mass is 32.1. The minimum atomic E-state index is -4.81. The Balaban J connectivity index is 3.04. The summed E-state index contributed by atoms with van der Waals surface area (Å²) >= 11 is 5.25. The third-order valence-electron chi connectivity index (χ3n) is 4.71. The third-order valence-corrected chi connectivity index (χ3v) is 5.03. The summed E-state index contributed by atoms with van der Waals surface area (Å²) in [4.78, 5) is 40.0. The first-order chi connectivity index (χ1) is 17.5. The molecule has 1 atom stereocenters. The molecule has 0 fully saturated rings. The van der Waals surface area contributed by atoms with Crippen molar-refractivity contribution < 1.29 is 46.5 Å². The van der Waals surface area contributed by atoms with Crippen LogP contribution in [0.3, 0.4) is 0 Å². The van der Waals surface area contributed by atoms with E-state index in [0.717, 1.165) is 6.92 Å². The number of nitrogens with one attached hydrogen (secondary N) is 3. The van der Waals surface area contributed by atoms with Crippen molar-refractivity contribution in [3.05, 3.63) is 18.0 Å². The molecule has 1 heterocycles. The van der Waals surface area contributed by atoms with Crippen LogP contribution in [-0.4, -0.2) is 85.0 Å². The molecule has 0 radical (unpaired) electrons. The Morgan fingerprint density at radius 1 is 1.08 bits per heavy atom. The quantitative estimate of drug-likeness (QED) is 0.196. The van der Waals surface area contributed by atoms with Gasteiger partial charge in [-0.15, -0.1) is 0 Å². The van der Waals surface area contributed by atoms with Crippen molar-refractivity contribution in [2.24, 2.45) is 0 Å². The van der Waals surface area contributed by atoms with Gasteiger partial charge in [0, 0.05) is 19.3 Å². The molecule has 11 nitrogen and oxygen atoms in total. The highest BCUT2D eigenvalue weighted by molar-refractivity contribution is 7.80. The maximum atomic E-state index is 13.9. The van der Waals surface area contributed by atoms with E-state index in [9.17, 15) is 27.6 Å². The maximum Gasteiger partial charge on any atom is 0.418 e. The molecule has 1 amide bonds. The molecule has 0 aliphatic rings. The van der Waals surface area contributed by atoms with Gasteiger partial charge >= 0.3 is 24.2 Å². The number of thiocarbonyl (C=S) groups is 1. The van der Waals surface area contributed by atoms with Gasteiger partial charge < -0.3 is 34.1 Å². The Morgan fingerprint density at radius 2 is 1.71 bits per heavy atom. The molecule has 0 aliphatic carbocycles. The standard InChI is InChI=1S/C23H35F3N4O7S/c1-7-34-18(32)17-15(9-10-28-17)30(19(38)29-20(33)35-8-2)11-12-36-22(6,23(24,25)26)14-27-13-16(31)37-21(3,4)5/h9-10,27-28H,7-8,11-14H2,1-6H3,(H,29,33,38). The number of carbonyl (C=O) groups excluding carboxylic acids is 3. The lowest BCUT2D eigenvalue weighted by molar-refractivity contribution is -0.267. The number of rotatable bonds is 12. The Morgan fingerprint density at radius 3 is 2.26 bits per heavy atom. The number of hydrogen-bond donors (Lipinski definition) is 3. The number of alkyl carbamates (subject to hydrolysis) is 1. The lowest BCUT2D eigenvalue weighted by atomic mass is 10.1. The average molecular weight is 569 g/mol. The van der Waals surface area contributed by atoms with Crippen LogP contribution in [0.1, 0.15) is 52.0 Å². The topological polar surface area (TPSA) is 131 Å². The molecule has 0 bridgehead atoms. The van der Waals surface area contributed by atoms with Crippen LogP contribution in [0.15, 0.2) is 12.3 Å². The number of H-pyrrole nitrogens is 1. The van der Waals surface area contributed by atoms with E-state index in [-0.39, 0.29) is 36.3 Å². The van der Waals surface area contributed by atoms with Crippen LogP contribution in [-0.2, 0) is 23.7 Å². The average Bonchev–Trinajstić information content (AvgIpc) is 3.24. The van der Waals surface area contributed by atoms with E-state index in [1.54, 1.807) is 34.6 Å². The van der Waals surface area contributed by atoms with E-state index in [4.69, 9.17) is 31.2 Å². The van der Waals surface area contributed by atoms with Crippen LogP contribution >= 0.6 is 12.2 Å². The minimum absolute atomic E-state index is 0.0301. The number of alkyl halides is 3. The molecule has 1 rings (SSSR count). The van der Waals surface area contributed by atoms with Crippen molar-refractivity contribution in [1.29, 1.82) is 0 Å². The zero-order valence-corrected chi connectivity index (χ0v) is 23.1. The highest BCUT2D eigenvalue weighted by Gasteiger charge is 2.52. The number of halogens is 3. The lowest BCUT2D eigenvalue weighted by Gasteiger charge is -2.34. The van der Waals surface area contributed by atoms with Crippen LogP contribution in [0.25, 0.3) is 0 Å².